The maximum atomic E-state index is 12.3. The van der Waals surface area contributed by atoms with Gasteiger partial charge in [0.2, 0.25) is 5.91 Å². The Morgan fingerprint density at radius 1 is 1.33 bits per heavy atom. The summed E-state index contributed by atoms with van der Waals surface area (Å²) in [4.78, 5) is 38.0. The molecule has 2 N–H and O–H groups in total. The fourth-order valence-electron chi connectivity index (χ4n) is 3.36. The van der Waals surface area contributed by atoms with Crippen LogP contribution in [-0.4, -0.2) is 51.1 Å². The second kappa shape index (κ2) is 8.28. The number of rotatable bonds is 5. The molecule has 3 heterocycles. The first-order valence-corrected chi connectivity index (χ1v) is 9.86. The molecule has 0 spiro atoms. The number of morpholine rings is 1. The van der Waals surface area contributed by atoms with Gasteiger partial charge < -0.3 is 15.0 Å². The first kappa shape index (κ1) is 19.7. The van der Waals surface area contributed by atoms with E-state index in [0.717, 1.165) is 25.3 Å². The van der Waals surface area contributed by atoms with Crippen LogP contribution in [0.15, 0.2) is 10.2 Å². The average molecular weight is 391 g/mol. The number of H-pyrrole nitrogens is 1. The quantitative estimate of drug-likeness (QED) is 0.804. The number of amides is 1. The van der Waals surface area contributed by atoms with E-state index in [2.05, 4.69) is 39.0 Å². The summed E-state index contributed by atoms with van der Waals surface area (Å²) >= 11 is 1.39. The summed E-state index contributed by atoms with van der Waals surface area (Å²) in [6, 6.07) is 0. The van der Waals surface area contributed by atoms with Crippen LogP contribution in [0, 0.1) is 13.8 Å². The Morgan fingerprint density at radius 2 is 2.04 bits per heavy atom. The van der Waals surface area contributed by atoms with E-state index in [0.29, 0.717) is 22.2 Å². The predicted molar refractivity (Wildman–Crippen MR) is 104 cm³/mol. The third-order valence-electron chi connectivity index (χ3n) is 4.36. The summed E-state index contributed by atoms with van der Waals surface area (Å²) in [5.41, 5.74) is 1.60. The van der Waals surface area contributed by atoms with E-state index < -0.39 is 0 Å². The van der Waals surface area contributed by atoms with Gasteiger partial charge in [-0.05, 0) is 27.7 Å². The molecule has 0 radical (unpaired) electrons. The molecule has 146 valence electrons. The van der Waals surface area contributed by atoms with Gasteiger partial charge in [0.1, 0.15) is 5.82 Å². The summed E-state index contributed by atoms with van der Waals surface area (Å²) < 4.78 is 5.75. The predicted octanol–water partition coefficient (Wildman–Crippen LogP) is 1.63. The van der Waals surface area contributed by atoms with Gasteiger partial charge >= 0.3 is 0 Å². The molecule has 8 nitrogen and oxygen atoms in total. The first-order valence-electron chi connectivity index (χ1n) is 8.98. The molecule has 0 aliphatic carbocycles. The van der Waals surface area contributed by atoms with Gasteiger partial charge in [-0.15, -0.1) is 11.3 Å². The SMILES string of the molecule is Cc1nc(C)c(CC(=O)Nc2nc(CN3CC(C)OC(C)C3)cs2)c(=O)[nH]1. The van der Waals surface area contributed by atoms with Crippen LogP contribution in [0.1, 0.15) is 36.6 Å². The van der Waals surface area contributed by atoms with E-state index in [1.807, 2.05) is 5.38 Å². The lowest BCUT2D eigenvalue weighted by atomic mass is 10.1. The van der Waals surface area contributed by atoms with Gasteiger partial charge in [0.15, 0.2) is 5.13 Å². The molecule has 2 aromatic heterocycles. The molecule has 2 atom stereocenters. The first-order chi connectivity index (χ1) is 12.8. The second-order valence-electron chi connectivity index (χ2n) is 7.04. The number of nitrogens with zero attached hydrogens (tertiary/aromatic N) is 3. The Hall–Kier alpha value is -2.10. The molecule has 1 aliphatic heterocycles. The van der Waals surface area contributed by atoms with E-state index in [1.54, 1.807) is 13.8 Å². The third kappa shape index (κ3) is 5.21. The van der Waals surface area contributed by atoms with Gasteiger partial charge in [-0.1, -0.05) is 0 Å². The Bertz CT molecular complexity index is 868. The van der Waals surface area contributed by atoms with Crippen molar-refractivity contribution in [3.05, 3.63) is 38.5 Å². The maximum Gasteiger partial charge on any atom is 0.254 e. The lowest BCUT2D eigenvalue weighted by molar-refractivity contribution is -0.115. The molecule has 1 aliphatic rings. The number of ether oxygens (including phenoxy) is 1. The molecule has 2 unspecified atom stereocenters. The van der Waals surface area contributed by atoms with Gasteiger partial charge in [-0.2, -0.15) is 0 Å². The van der Waals surface area contributed by atoms with Crippen molar-refractivity contribution in [3.8, 4) is 0 Å². The van der Waals surface area contributed by atoms with E-state index in [4.69, 9.17) is 4.74 Å². The number of hydrogen-bond acceptors (Lipinski definition) is 7. The van der Waals surface area contributed by atoms with Gasteiger partial charge in [-0.25, -0.2) is 9.97 Å². The normalized spacial score (nSPS) is 20.6. The van der Waals surface area contributed by atoms with Crippen LogP contribution < -0.4 is 10.9 Å². The van der Waals surface area contributed by atoms with Crippen molar-refractivity contribution in [2.45, 2.75) is 52.9 Å². The number of hydrogen-bond donors (Lipinski definition) is 2. The maximum absolute atomic E-state index is 12.3. The molecule has 1 amide bonds. The van der Waals surface area contributed by atoms with Gasteiger partial charge in [0.05, 0.1) is 24.3 Å². The molecule has 27 heavy (non-hydrogen) atoms. The van der Waals surface area contributed by atoms with Crippen molar-refractivity contribution in [2.75, 3.05) is 18.4 Å². The average Bonchev–Trinajstić information content (AvgIpc) is 2.96. The number of thiazole rings is 1. The Balaban J connectivity index is 1.59. The number of anilines is 1. The number of aromatic amines is 1. The highest BCUT2D eigenvalue weighted by atomic mass is 32.1. The summed E-state index contributed by atoms with van der Waals surface area (Å²) in [7, 11) is 0. The highest BCUT2D eigenvalue weighted by Gasteiger charge is 2.23. The van der Waals surface area contributed by atoms with Crippen LogP contribution >= 0.6 is 11.3 Å². The topological polar surface area (TPSA) is 100 Å². The summed E-state index contributed by atoms with van der Waals surface area (Å²) in [5, 5.41) is 5.27. The minimum Gasteiger partial charge on any atom is -0.373 e. The van der Waals surface area contributed by atoms with E-state index in [9.17, 15) is 9.59 Å². The molecule has 0 saturated carbocycles. The van der Waals surface area contributed by atoms with Crippen molar-refractivity contribution in [1.82, 2.24) is 19.9 Å². The van der Waals surface area contributed by atoms with E-state index in [1.165, 1.54) is 11.3 Å². The van der Waals surface area contributed by atoms with E-state index >= 15 is 0 Å². The molecular formula is C18H25N5O3S. The zero-order valence-corrected chi connectivity index (χ0v) is 16.9. The van der Waals surface area contributed by atoms with Crippen LogP contribution in [0.25, 0.3) is 0 Å². The Kier molecular flexibility index (Phi) is 6.03. The molecule has 0 aromatic carbocycles. The fourth-order valence-corrected chi connectivity index (χ4v) is 4.08. The Morgan fingerprint density at radius 3 is 2.70 bits per heavy atom. The van der Waals surface area contributed by atoms with Gasteiger partial charge in [0.25, 0.3) is 5.56 Å². The zero-order chi connectivity index (χ0) is 19.6. The number of carbonyl (C=O) groups is 1. The van der Waals surface area contributed by atoms with Crippen molar-refractivity contribution in [2.24, 2.45) is 0 Å². The molecule has 9 heteroatoms. The molecule has 1 saturated heterocycles. The molecule has 3 rings (SSSR count). The summed E-state index contributed by atoms with van der Waals surface area (Å²) in [6.45, 7) is 10.0. The number of aromatic nitrogens is 3. The van der Waals surface area contributed by atoms with Crippen LogP contribution in [0.4, 0.5) is 5.13 Å². The largest absolute Gasteiger partial charge is 0.373 e. The third-order valence-corrected chi connectivity index (χ3v) is 5.16. The monoisotopic (exact) mass is 391 g/mol. The zero-order valence-electron chi connectivity index (χ0n) is 16.0. The van der Waals surface area contributed by atoms with Gasteiger partial charge in [-0.3, -0.25) is 14.5 Å². The van der Waals surface area contributed by atoms with Gasteiger partial charge in [0, 0.05) is 36.3 Å². The second-order valence-corrected chi connectivity index (χ2v) is 7.89. The molecule has 1 fully saturated rings. The lowest BCUT2D eigenvalue weighted by Crippen LogP contribution is -2.44. The summed E-state index contributed by atoms with van der Waals surface area (Å²) in [6.07, 6.45) is 0.383. The van der Waals surface area contributed by atoms with Crippen molar-refractivity contribution in [3.63, 3.8) is 0 Å². The molecule has 2 aromatic rings. The minimum absolute atomic E-state index is 0.0259. The van der Waals surface area contributed by atoms with Crippen LogP contribution in [0.2, 0.25) is 0 Å². The fraction of sp³-hybridized carbons (Fsp3) is 0.556. The summed E-state index contributed by atoms with van der Waals surface area (Å²) in [5.74, 6) is 0.266. The Labute approximate surface area is 162 Å². The standard InChI is InChI=1S/C18H25N5O3S/c1-10-6-23(7-11(2)26-10)8-14-9-27-18(21-14)22-16(24)5-15-12(3)19-13(4)20-17(15)25/h9-11H,5-8H2,1-4H3,(H,19,20,25)(H,21,22,24). The van der Waals surface area contributed by atoms with Crippen molar-refractivity contribution >= 4 is 22.4 Å². The minimum atomic E-state index is -0.274. The van der Waals surface area contributed by atoms with Crippen LogP contribution in [0.5, 0.6) is 0 Å². The van der Waals surface area contributed by atoms with Crippen molar-refractivity contribution in [1.29, 1.82) is 0 Å². The molecular weight excluding hydrogens is 366 g/mol. The van der Waals surface area contributed by atoms with Crippen LogP contribution in [-0.2, 0) is 22.5 Å². The number of aryl methyl sites for hydroxylation is 2. The number of nitrogens with one attached hydrogen (secondary N) is 2. The van der Waals surface area contributed by atoms with E-state index in [-0.39, 0.29) is 30.1 Å². The highest BCUT2D eigenvalue weighted by molar-refractivity contribution is 7.13. The van der Waals surface area contributed by atoms with Crippen molar-refractivity contribution < 1.29 is 9.53 Å². The lowest BCUT2D eigenvalue weighted by Gasteiger charge is -2.34. The molecule has 0 bridgehead atoms. The van der Waals surface area contributed by atoms with Crippen LogP contribution in [0.3, 0.4) is 0 Å². The highest BCUT2D eigenvalue weighted by Crippen LogP contribution is 2.19. The smallest absolute Gasteiger partial charge is 0.254 e. The number of carbonyl (C=O) groups excluding carboxylic acids is 1.